The van der Waals surface area contributed by atoms with Gasteiger partial charge in [0.25, 0.3) is 0 Å². The molecule has 0 aromatic heterocycles. The third-order valence-corrected chi connectivity index (χ3v) is 4.35. The Hall–Kier alpha value is -1.11. The number of aliphatic hydroxyl groups is 1. The van der Waals surface area contributed by atoms with Gasteiger partial charge in [0, 0.05) is 32.7 Å². The van der Waals surface area contributed by atoms with Gasteiger partial charge in [-0.05, 0) is 31.5 Å². The SMILES string of the molecule is CCNC(=NCc1ccc(C(F)(F)F)cc1)NCC(C)(O)CN1CCOCC1.I. The maximum atomic E-state index is 12.6. The highest BCUT2D eigenvalue weighted by Gasteiger charge is 2.30. The van der Waals surface area contributed by atoms with Gasteiger partial charge in [0.2, 0.25) is 0 Å². The summed E-state index contributed by atoms with van der Waals surface area (Å²) in [5.41, 5.74) is -0.961. The largest absolute Gasteiger partial charge is 0.416 e. The summed E-state index contributed by atoms with van der Waals surface area (Å²) in [7, 11) is 0. The van der Waals surface area contributed by atoms with Gasteiger partial charge in [-0.1, -0.05) is 12.1 Å². The Morgan fingerprint density at radius 1 is 1.17 bits per heavy atom. The third-order valence-electron chi connectivity index (χ3n) is 4.35. The summed E-state index contributed by atoms with van der Waals surface area (Å²) in [6, 6.07) is 4.95. The van der Waals surface area contributed by atoms with Crippen molar-refractivity contribution < 1.29 is 23.0 Å². The van der Waals surface area contributed by atoms with E-state index in [4.69, 9.17) is 4.74 Å². The van der Waals surface area contributed by atoms with Gasteiger partial charge in [-0.25, -0.2) is 4.99 Å². The van der Waals surface area contributed by atoms with Crippen LogP contribution >= 0.6 is 24.0 Å². The van der Waals surface area contributed by atoms with E-state index in [1.54, 1.807) is 6.92 Å². The standard InChI is InChI=1S/C19H29F3N4O2.HI/c1-3-23-17(24-12-15-4-6-16(7-5-15)19(20,21)22)25-13-18(2,27)14-26-8-10-28-11-9-26;/h4-7,27H,3,8-14H2,1-2H3,(H2,23,24,25);1H. The van der Waals surface area contributed by atoms with Gasteiger partial charge in [-0.3, -0.25) is 4.90 Å². The molecule has 166 valence electrons. The molecule has 1 aliphatic rings. The number of alkyl halides is 3. The second kappa shape index (κ2) is 11.9. The van der Waals surface area contributed by atoms with Crippen molar-refractivity contribution in [2.75, 3.05) is 45.9 Å². The summed E-state index contributed by atoms with van der Waals surface area (Å²) in [6.07, 6.45) is -4.34. The van der Waals surface area contributed by atoms with Crippen LogP contribution < -0.4 is 10.6 Å². The lowest BCUT2D eigenvalue weighted by Crippen LogP contribution is -2.52. The summed E-state index contributed by atoms with van der Waals surface area (Å²) in [4.78, 5) is 6.54. The molecule has 1 aromatic carbocycles. The van der Waals surface area contributed by atoms with Crippen molar-refractivity contribution >= 4 is 29.9 Å². The van der Waals surface area contributed by atoms with Gasteiger partial charge in [0.05, 0.1) is 30.9 Å². The van der Waals surface area contributed by atoms with Crippen LogP contribution in [0, 0.1) is 0 Å². The number of hydrogen-bond acceptors (Lipinski definition) is 4. The van der Waals surface area contributed by atoms with Crippen molar-refractivity contribution in [3.8, 4) is 0 Å². The molecule has 2 rings (SSSR count). The van der Waals surface area contributed by atoms with E-state index < -0.39 is 17.3 Å². The van der Waals surface area contributed by atoms with Crippen molar-refractivity contribution in [3.05, 3.63) is 35.4 Å². The highest BCUT2D eigenvalue weighted by Crippen LogP contribution is 2.29. The Morgan fingerprint density at radius 3 is 2.34 bits per heavy atom. The molecule has 1 atom stereocenters. The molecular formula is C19H30F3IN4O2. The van der Waals surface area contributed by atoms with Crippen LogP contribution in [0.3, 0.4) is 0 Å². The summed E-state index contributed by atoms with van der Waals surface area (Å²) in [5, 5.41) is 16.8. The lowest BCUT2D eigenvalue weighted by atomic mass is 10.1. The van der Waals surface area contributed by atoms with E-state index in [-0.39, 0.29) is 30.5 Å². The Morgan fingerprint density at radius 2 is 1.79 bits per heavy atom. The fraction of sp³-hybridized carbons (Fsp3) is 0.632. The molecule has 0 saturated carbocycles. The molecule has 29 heavy (non-hydrogen) atoms. The van der Waals surface area contributed by atoms with E-state index in [2.05, 4.69) is 20.5 Å². The van der Waals surface area contributed by atoms with Gasteiger partial charge >= 0.3 is 6.18 Å². The molecule has 0 bridgehead atoms. The second-order valence-electron chi connectivity index (χ2n) is 7.13. The minimum absolute atomic E-state index is 0. The van der Waals surface area contributed by atoms with Crippen LogP contribution in [0.25, 0.3) is 0 Å². The Balaban J connectivity index is 0.00000420. The van der Waals surface area contributed by atoms with Gasteiger partial charge < -0.3 is 20.5 Å². The molecule has 10 heteroatoms. The van der Waals surface area contributed by atoms with E-state index in [0.717, 1.165) is 25.2 Å². The van der Waals surface area contributed by atoms with Crippen molar-refractivity contribution in [1.29, 1.82) is 0 Å². The summed E-state index contributed by atoms with van der Waals surface area (Å²) >= 11 is 0. The maximum Gasteiger partial charge on any atom is 0.416 e. The zero-order valence-corrected chi connectivity index (χ0v) is 19.1. The van der Waals surface area contributed by atoms with E-state index in [1.165, 1.54) is 12.1 Å². The van der Waals surface area contributed by atoms with Crippen LogP contribution in [0.4, 0.5) is 13.2 Å². The Kier molecular flexibility index (Phi) is 10.7. The number of rotatable bonds is 7. The number of hydrogen-bond donors (Lipinski definition) is 3. The third kappa shape index (κ3) is 9.49. The topological polar surface area (TPSA) is 69.1 Å². The van der Waals surface area contributed by atoms with Gasteiger partial charge in [-0.2, -0.15) is 13.2 Å². The monoisotopic (exact) mass is 530 g/mol. The van der Waals surface area contributed by atoms with E-state index >= 15 is 0 Å². The quantitative estimate of drug-likeness (QED) is 0.287. The smallest absolute Gasteiger partial charge is 0.387 e. The molecule has 0 spiro atoms. The number of nitrogens with zero attached hydrogens (tertiary/aromatic N) is 2. The van der Waals surface area contributed by atoms with E-state index in [0.29, 0.717) is 44.4 Å². The number of benzene rings is 1. The van der Waals surface area contributed by atoms with Crippen LogP contribution in [-0.4, -0.2) is 67.5 Å². The summed E-state index contributed by atoms with van der Waals surface area (Å²) < 4.78 is 43.2. The maximum absolute atomic E-state index is 12.6. The van der Waals surface area contributed by atoms with Crippen LogP contribution in [0.15, 0.2) is 29.3 Å². The Bertz CT molecular complexity index is 633. The van der Waals surface area contributed by atoms with Crippen LogP contribution in [-0.2, 0) is 17.5 Å². The predicted octanol–water partition coefficient (Wildman–Crippen LogP) is 2.46. The molecular weight excluding hydrogens is 500 g/mol. The first-order valence-electron chi connectivity index (χ1n) is 9.40. The molecule has 1 unspecified atom stereocenters. The van der Waals surface area contributed by atoms with Crippen LogP contribution in [0.2, 0.25) is 0 Å². The molecule has 0 radical (unpaired) electrons. The number of aliphatic imine (C=N–C) groups is 1. The molecule has 1 saturated heterocycles. The first-order chi connectivity index (χ1) is 13.2. The molecule has 1 aliphatic heterocycles. The van der Waals surface area contributed by atoms with Crippen molar-refractivity contribution in [3.63, 3.8) is 0 Å². The fourth-order valence-electron chi connectivity index (χ4n) is 2.88. The van der Waals surface area contributed by atoms with E-state index in [9.17, 15) is 18.3 Å². The van der Waals surface area contributed by atoms with Gasteiger partial charge in [0.1, 0.15) is 0 Å². The molecule has 1 fully saturated rings. The molecule has 0 amide bonds. The van der Waals surface area contributed by atoms with Crippen LogP contribution in [0.5, 0.6) is 0 Å². The highest BCUT2D eigenvalue weighted by molar-refractivity contribution is 14.0. The zero-order valence-electron chi connectivity index (χ0n) is 16.8. The number of ether oxygens (including phenoxy) is 1. The number of morpholine rings is 1. The number of halogens is 4. The first kappa shape index (κ1) is 25.9. The average Bonchev–Trinajstić information content (AvgIpc) is 2.64. The average molecular weight is 530 g/mol. The minimum atomic E-state index is -4.34. The lowest BCUT2D eigenvalue weighted by Gasteiger charge is -2.34. The molecule has 6 nitrogen and oxygen atoms in total. The minimum Gasteiger partial charge on any atom is -0.387 e. The number of nitrogens with one attached hydrogen (secondary N) is 2. The second-order valence-corrected chi connectivity index (χ2v) is 7.13. The normalized spacial score (nSPS) is 17.9. The van der Waals surface area contributed by atoms with Crippen molar-refractivity contribution in [2.45, 2.75) is 32.2 Å². The fourth-order valence-corrected chi connectivity index (χ4v) is 2.88. The molecule has 1 aromatic rings. The number of guanidine groups is 1. The van der Waals surface area contributed by atoms with Crippen molar-refractivity contribution in [2.24, 2.45) is 4.99 Å². The number of β-amino-alcohol motifs (C(OH)–C–C–N with tert-alkyl or cyclic N) is 1. The van der Waals surface area contributed by atoms with Gasteiger partial charge in [0.15, 0.2) is 5.96 Å². The zero-order chi connectivity index (χ0) is 20.6. The van der Waals surface area contributed by atoms with Crippen LogP contribution in [0.1, 0.15) is 25.0 Å². The molecule has 3 N–H and O–H groups in total. The predicted molar refractivity (Wildman–Crippen MR) is 118 cm³/mol. The summed E-state index contributed by atoms with van der Waals surface area (Å²) in [6.45, 7) is 8.27. The molecule has 1 heterocycles. The Labute approximate surface area is 186 Å². The van der Waals surface area contributed by atoms with E-state index in [1.807, 2.05) is 6.92 Å². The lowest BCUT2D eigenvalue weighted by molar-refractivity contribution is -0.137. The first-order valence-corrected chi connectivity index (χ1v) is 9.40. The summed E-state index contributed by atoms with van der Waals surface area (Å²) in [5.74, 6) is 0.504. The van der Waals surface area contributed by atoms with Crippen molar-refractivity contribution in [1.82, 2.24) is 15.5 Å². The molecule has 0 aliphatic carbocycles. The van der Waals surface area contributed by atoms with Gasteiger partial charge in [-0.15, -0.1) is 24.0 Å². The highest BCUT2D eigenvalue weighted by atomic mass is 127.